The van der Waals surface area contributed by atoms with Crippen molar-refractivity contribution >= 4 is 17.8 Å². The molecule has 1 spiro atoms. The fourth-order valence-electron chi connectivity index (χ4n) is 3.66. The number of nitrogens with one attached hydrogen (secondary N) is 1. The number of esters is 1. The molecular weight excluding hydrogens is 310 g/mol. The highest BCUT2D eigenvalue weighted by molar-refractivity contribution is 5.84. The van der Waals surface area contributed by atoms with Crippen molar-refractivity contribution in [2.24, 2.45) is 17.1 Å². The lowest BCUT2D eigenvalue weighted by atomic mass is 9.81. The smallest absolute Gasteiger partial charge is 0.322 e. The van der Waals surface area contributed by atoms with Crippen molar-refractivity contribution < 1.29 is 19.1 Å². The van der Waals surface area contributed by atoms with E-state index in [1.807, 2.05) is 25.7 Å². The van der Waals surface area contributed by atoms with Gasteiger partial charge in [-0.05, 0) is 25.7 Å². The van der Waals surface area contributed by atoms with Crippen molar-refractivity contribution in [2.45, 2.75) is 58.0 Å². The molecule has 7 nitrogen and oxygen atoms in total. The van der Waals surface area contributed by atoms with Crippen molar-refractivity contribution in [1.29, 1.82) is 0 Å². The minimum atomic E-state index is -0.775. The van der Waals surface area contributed by atoms with Crippen LogP contribution < -0.4 is 11.1 Å². The first-order valence-electron chi connectivity index (χ1n) is 8.53. The molecule has 0 radical (unpaired) electrons. The van der Waals surface area contributed by atoms with Gasteiger partial charge in [0.1, 0.15) is 6.04 Å². The normalized spacial score (nSPS) is 24.6. The molecule has 2 heterocycles. The monoisotopic (exact) mass is 339 g/mol. The number of amides is 2. The van der Waals surface area contributed by atoms with E-state index in [4.69, 9.17) is 5.73 Å². The third-order valence-corrected chi connectivity index (χ3v) is 5.09. The molecule has 2 fully saturated rings. The Hall–Kier alpha value is -1.63. The van der Waals surface area contributed by atoms with Gasteiger partial charge in [0.25, 0.3) is 0 Å². The summed E-state index contributed by atoms with van der Waals surface area (Å²) in [6, 6.07) is -0.775. The number of ether oxygens (including phenoxy) is 1. The first-order valence-corrected chi connectivity index (χ1v) is 8.53. The quantitative estimate of drug-likeness (QED) is 0.726. The van der Waals surface area contributed by atoms with Crippen LogP contribution in [0.2, 0.25) is 0 Å². The summed E-state index contributed by atoms with van der Waals surface area (Å²) < 4.78 is 4.63. The molecule has 0 aromatic rings. The van der Waals surface area contributed by atoms with Gasteiger partial charge in [0, 0.05) is 30.0 Å². The van der Waals surface area contributed by atoms with Gasteiger partial charge in [0.2, 0.25) is 11.8 Å². The van der Waals surface area contributed by atoms with Crippen molar-refractivity contribution in [3.63, 3.8) is 0 Å². The zero-order chi connectivity index (χ0) is 18.1. The van der Waals surface area contributed by atoms with E-state index >= 15 is 0 Å². The molecule has 2 aliphatic rings. The summed E-state index contributed by atoms with van der Waals surface area (Å²) in [6.07, 6.45) is 2.44. The van der Waals surface area contributed by atoms with Crippen LogP contribution in [0.1, 0.15) is 46.5 Å². The van der Waals surface area contributed by atoms with E-state index in [2.05, 4.69) is 10.1 Å². The molecule has 7 heteroatoms. The van der Waals surface area contributed by atoms with E-state index in [0.29, 0.717) is 25.9 Å². The lowest BCUT2D eigenvalue weighted by molar-refractivity contribution is -0.143. The summed E-state index contributed by atoms with van der Waals surface area (Å²) in [5.41, 5.74) is 5.13. The van der Waals surface area contributed by atoms with Crippen LogP contribution in [0.5, 0.6) is 0 Å². The number of methoxy groups -OCH3 is 1. The average molecular weight is 339 g/mol. The van der Waals surface area contributed by atoms with Gasteiger partial charge < -0.3 is 20.7 Å². The number of nitrogens with zero attached hydrogens (tertiary/aromatic N) is 1. The maximum absolute atomic E-state index is 12.4. The molecule has 0 aromatic carbocycles. The minimum Gasteiger partial charge on any atom is -0.468 e. The number of rotatable bonds is 3. The predicted octanol–water partition coefficient (Wildman–Crippen LogP) is 0.420. The van der Waals surface area contributed by atoms with Crippen LogP contribution in [0.25, 0.3) is 0 Å². The Morgan fingerprint density at radius 3 is 2.46 bits per heavy atom. The SMILES string of the molecule is COC(=O)C(N)CC1CC2(CCN(C(=O)C(C)(C)C)CC2)NC1=O. The zero-order valence-corrected chi connectivity index (χ0v) is 15.1. The van der Waals surface area contributed by atoms with Crippen LogP contribution in [-0.4, -0.2) is 54.5 Å². The van der Waals surface area contributed by atoms with Gasteiger partial charge in [-0.15, -0.1) is 0 Å². The molecule has 0 saturated carbocycles. The van der Waals surface area contributed by atoms with Gasteiger partial charge >= 0.3 is 5.97 Å². The second-order valence-corrected chi connectivity index (χ2v) is 8.08. The second kappa shape index (κ2) is 6.70. The average Bonchev–Trinajstić information content (AvgIpc) is 2.81. The number of piperidine rings is 1. The fraction of sp³-hybridized carbons (Fsp3) is 0.824. The Morgan fingerprint density at radius 1 is 1.38 bits per heavy atom. The predicted molar refractivity (Wildman–Crippen MR) is 88.9 cm³/mol. The fourth-order valence-corrected chi connectivity index (χ4v) is 3.66. The minimum absolute atomic E-state index is 0.0510. The molecular formula is C17H29N3O4. The first-order chi connectivity index (χ1) is 11.1. The molecule has 136 valence electrons. The molecule has 2 amide bonds. The van der Waals surface area contributed by atoms with Crippen LogP contribution in [-0.2, 0) is 19.1 Å². The number of likely N-dealkylation sites (tertiary alicyclic amines) is 1. The number of hydrogen-bond donors (Lipinski definition) is 2. The number of nitrogens with two attached hydrogens (primary N) is 1. The van der Waals surface area contributed by atoms with E-state index < -0.39 is 12.0 Å². The Labute approximate surface area is 143 Å². The molecule has 2 aliphatic heterocycles. The summed E-state index contributed by atoms with van der Waals surface area (Å²) >= 11 is 0. The van der Waals surface area contributed by atoms with Crippen LogP contribution in [0.15, 0.2) is 0 Å². The molecule has 24 heavy (non-hydrogen) atoms. The molecule has 2 rings (SSSR count). The van der Waals surface area contributed by atoms with Crippen LogP contribution >= 0.6 is 0 Å². The van der Waals surface area contributed by atoms with Crippen molar-refractivity contribution in [1.82, 2.24) is 10.2 Å². The number of carbonyl (C=O) groups is 3. The van der Waals surface area contributed by atoms with E-state index in [-0.39, 0.29) is 28.7 Å². The Balaban J connectivity index is 1.94. The largest absolute Gasteiger partial charge is 0.468 e. The zero-order valence-electron chi connectivity index (χ0n) is 15.1. The van der Waals surface area contributed by atoms with E-state index in [1.54, 1.807) is 0 Å². The Bertz CT molecular complexity index is 518. The topological polar surface area (TPSA) is 102 Å². The third kappa shape index (κ3) is 3.88. The maximum Gasteiger partial charge on any atom is 0.322 e. The molecule has 0 bridgehead atoms. The Morgan fingerprint density at radius 2 is 1.96 bits per heavy atom. The van der Waals surface area contributed by atoms with E-state index in [9.17, 15) is 14.4 Å². The van der Waals surface area contributed by atoms with Gasteiger partial charge in [-0.1, -0.05) is 20.8 Å². The highest BCUT2D eigenvalue weighted by atomic mass is 16.5. The summed E-state index contributed by atoms with van der Waals surface area (Å²) in [4.78, 5) is 38.0. The summed E-state index contributed by atoms with van der Waals surface area (Å²) in [7, 11) is 1.29. The highest BCUT2D eigenvalue weighted by Crippen LogP contribution is 2.37. The summed E-state index contributed by atoms with van der Waals surface area (Å²) in [5.74, 6) is -0.672. The number of carbonyl (C=O) groups excluding carboxylic acids is 3. The Kier molecular flexibility index (Phi) is 5.22. The molecule has 2 atom stereocenters. The molecule has 2 saturated heterocycles. The molecule has 0 aliphatic carbocycles. The lowest BCUT2D eigenvalue weighted by Gasteiger charge is -2.41. The van der Waals surface area contributed by atoms with Gasteiger partial charge in [-0.25, -0.2) is 0 Å². The molecule has 0 aromatic heterocycles. The third-order valence-electron chi connectivity index (χ3n) is 5.09. The second-order valence-electron chi connectivity index (χ2n) is 8.08. The van der Waals surface area contributed by atoms with Crippen molar-refractivity contribution in [2.75, 3.05) is 20.2 Å². The van der Waals surface area contributed by atoms with Crippen LogP contribution in [0, 0.1) is 11.3 Å². The molecule has 3 N–H and O–H groups in total. The lowest BCUT2D eigenvalue weighted by Crippen LogP contribution is -2.53. The summed E-state index contributed by atoms with van der Waals surface area (Å²) in [6.45, 7) is 7.04. The standard InChI is InChI=1S/C17H29N3O4/c1-16(2,3)15(23)20-7-5-17(6-8-20)10-11(13(21)19-17)9-12(18)14(22)24-4/h11-12H,5-10,18H2,1-4H3,(H,19,21). The van der Waals surface area contributed by atoms with Crippen LogP contribution in [0.4, 0.5) is 0 Å². The first kappa shape index (κ1) is 18.7. The maximum atomic E-state index is 12.4. The summed E-state index contributed by atoms with van der Waals surface area (Å²) in [5, 5.41) is 3.10. The van der Waals surface area contributed by atoms with Crippen molar-refractivity contribution in [3.05, 3.63) is 0 Å². The van der Waals surface area contributed by atoms with Crippen molar-refractivity contribution in [3.8, 4) is 0 Å². The van der Waals surface area contributed by atoms with Gasteiger partial charge in [-0.3, -0.25) is 14.4 Å². The number of hydrogen-bond acceptors (Lipinski definition) is 5. The highest BCUT2D eigenvalue weighted by Gasteiger charge is 2.47. The van der Waals surface area contributed by atoms with Gasteiger partial charge in [-0.2, -0.15) is 0 Å². The van der Waals surface area contributed by atoms with Gasteiger partial charge in [0.05, 0.1) is 7.11 Å². The molecule has 2 unspecified atom stereocenters. The van der Waals surface area contributed by atoms with Crippen LogP contribution in [0.3, 0.4) is 0 Å². The van der Waals surface area contributed by atoms with Gasteiger partial charge in [0.15, 0.2) is 0 Å². The van der Waals surface area contributed by atoms with E-state index in [0.717, 1.165) is 12.8 Å². The van der Waals surface area contributed by atoms with E-state index in [1.165, 1.54) is 7.11 Å².